The Labute approximate surface area is 129 Å². The molecule has 0 spiro atoms. The number of amides is 2. The van der Waals surface area contributed by atoms with Crippen LogP contribution in [0, 0.1) is 5.92 Å². The Hall–Kier alpha value is -1.40. The van der Waals surface area contributed by atoms with E-state index in [-0.39, 0.29) is 24.3 Å². The van der Waals surface area contributed by atoms with Gasteiger partial charge in [-0.25, -0.2) is 0 Å². The zero-order valence-electron chi connectivity index (χ0n) is 13.0. The van der Waals surface area contributed by atoms with Gasteiger partial charge in [0.2, 0.25) is 5.91 Å². The van der Waals surface area contributed by atoms with Crippen molar-refractivity contribution in [3.05, 3.63) is 21.9 Å². The lowest BCUT2D eigenvalue weighted by Gasteiger charge is -2.29. The van der Waals surface area contributed by atoms with Crippen molar-refractivity contribution < 1.29 is 14.7 Å². The van der Waals surface area contributed by atoms with Gasteiger partial charge in [0.25, 0.3) is 5.91 Å². The summed E-state index contributed by atoms with van der Waals surface area (Å²) < 4.78 is 0. The van der Waals surface area contributed by atoms with Crippen molar-refractivity contribution >= 4 is 23.2 Å². The molecule has 21 heavy (non-hydrogen) atoms. The van der Waals surface area contributed by atoms with Crippen molar-refractivity contribution in [3.8, 4) is 0 Å². The van der Waals surface area contributed by atoms with Crippen LogP contribution in [0.25, 0.3) is 0 Å². The topological polar surface area (TPSA) is 78.4 Å². The summed E-state index contributed by atoms with van der Waals surface area (Å²) in [7, 11) is 0. The first-order chi connectivity index (χ1) is 9.76. The Morgan fingerprint density at radius 1 is 1.38 bits per heavy atom. The summed E-state index contributed by atoms with van der Waals surface area (Å²) in [6, 6.07) is 3.55. The van der Waals surface area contributed by atoms with E-state index < -0.39 is 5.60 Å². The molecular formula is C15H24N2O3S. The molecule has 0 aliphatic heterocycles. The number of hydrogen-bond donors (Lipinski definition) is 3. The molecule has 1 heterocycles. The minimum absolute atomic E-state index is 0.0981. The molecule has 0 saturated carbocycles. The van der Waals surface area contributed by atoms with Gasteiger partial charge in [-0.3, -0.25) is 9.59 Å². The van der Waals surface area contributed by atoms with E-state index in [4.69, 9.17) is 0 Å². The van der Waals surface area contributed by atoms with Crippen LogP contribution >= 0.6 is 11.3 Å². The zero-order valence-corrected chi connectivity index (χ0v) is 13.8. The molecule has 0 fully saturated rings. The van der Waals surface area contributed by atoms with Crippen LogP contribution in [0.15, 0.2) is 12.1 Å². The molecule has 0 radical (unpaired) electrons. The van der Waals surface area contributed by atoms with Crippen LogP contribution in [0.2, 0.25) is 0 Å². The lowest BCUT2D eigenvalue weighted by atomic mass is 9.88. The van der Waals surface area contributed by atoms with E-state index in [0.717, 1.165) is 11.3 Å². The number of aliphatic hydroxyl groups is 1. The minimum Gasteiger partial charge on any atom is -0.388 e. The summed E-state index contributed by atoms with van der Waals surface area (Å²) >= 11 is 1.34. The fraction of sp³-hybridized carbons (Fsp3) is 0.600. The van der Waals surface area contributed by atoms with Gasteiger partial charge >= 0.3 is 0 Å². The van der Waals surface area contributed by atoms with Crippen molar-refractivity contribution in [2.75, 3.05) is 6.54 Å². The summed E-state index contributed by atoms with van der Waals surface area (Å²) in [6.07, 6.45) is 0.850. The smallest absolute Gasteiger partial charge is 0.261 e. The maximum absolute atomic E-state index is 12.1. The van der Waals surface area contributed by atoms with Crippen LogP contribution in [0.1, 0.15) is 48.7 Å². The highest BCUT2D eigenvalue weighted by atomic mass is 32.1. The summed E-state index contributed by atoms with van der Waals surface area (Å²) in [6.45, 7) is 7.81. The van der Waals surface area contributed by atoms with Gasteiger partial charge in [0.1, 0.15) is 0 Å². The summed E-state index contributed by atoms with van der Waals surface area (Å²) in [5, 5.41) is 15.7. The third-order valence-electron chi connectivity index (χ3n) is 3.68. The SMILES string of the molecule is CCC(C)C(C)(O)CNC(=O)c1ccc(CNC(C)=O)s1. The monoisotopic (exact) mass is 312 g/mol. The maximum atomic E-state index is 12.1. The number of thiophene rings is 1. The highest BCUT2D eigenvalue weighted by Crippen LogP contribution is 2.20. The lowest BCUT2D eigenvalue weighted by molar-refractivity contribution is -0.119. The third kappa shape index (κ3) is 5.47. The van der Waals surface area contributed by atoms with Crippen LogP contribution < -0.4 is 10.6 Å². The molecule has 1 aromatic heterocycles. The first-order valence-corrected chi connectivity index (χ1v) is 7.91. The first kappa shape index (κ1) is 17.7. The van der Waals surface area contributed by atoms with Gasteiger partial charge in [-0.2, -0.15) is 0 Å². The Morgan fingerprint density at radius 2 is 2.05 bits per heavy atom. The van der Waals surface area contributed by atoms with E-state index in [9.17, 15) is 14.7 Å². The van der Waals surface area contributed by atoms with Crippen LogP contribution in [0.3, 0.4) is 0 Å². The Morgan fingerprint density at radius 3 is 2.62 bits per heavy atom. The van der Waals surface area contributed by atoms with Gasteiger partial charge in [-0.15, -0.1) is 11.3 Å². The van der Waals surface area contributed by atoms with Gasteiger partial charge < -0.3 is 15.7 Å². The molecule has 2 amide bonds. The van der Waals surface area contributed by atoms with Crippen molar-refractivity contribution in [2.24, 2.45) is 5.92 Å². The van der Waals surface area contributed by atoms with Gasteiger partial charge in [-0.1, -0.05) is 20.3 Å². The number of rotatable bonds is 7. The molecule has 3 N–H and O–H groups in total. The largest absolute Gasteiger partial charge is 0.388 e. The Bertz CT molecular complexity index is 497. The Balaban J connectivity index is 2.54. The van der Waals surface area contributed by atoms with Crippen LogP contribution in [0.4, 0.5) is 0 Å². The first-order valence-electron chi connectivity index (χ1n) is 7.10. The van der Waals surface area contributed by atoms with Crippen LogP contribution in [-0.4, -0.2) is 29.1 Å². The molecular weight excluding hydrogens is 288 g/mol. The quantitative estimate of drug-likeness (QED) is 0.719. The molecule has 5 nitrogen and oxygen atoms in total. The molecule has 1 aromatic rings. The van der Waals surface area contributed by atoms with Crippen molar-refractivity contribution in [1.29, 1.82) is 0 Å². The second-order valence-electron chi connectivity index (χ2n) is 5.52. The predicted octanol–water partition coefficient (Wildman–Crippen LogP) is 1.91. The predicted molar refractivity (Wildman–Crippen MR) is 84.3 cm³/mol. The minimum atomic E-state index is -0.916. The van der Waals surface area contributed by atoms with E-state index in [1.807, 2.05) is 19.9 Å². The maximum Gasteiger partial charge on any atom is 0.261 e. The highest BCUT2D eigenvalue weighted by molar-refractivity contribution is 7.14. The normalized spacial score (nSPS) is 15.1. The van der Waals surface area contributed by atoms with Gasteiger partial charge in [0.05, 0.1) is 17.0 Å². The zero-order chi connectivity index (χ0) is 16.0. The molecule has 6 heteroatoms. The lowest BCUT2D eigenvalue weighted by Crippen LogP contribution is -2.44. The molecule has 0 aliphatic rings. The number of hydrogen-bond acceptors (Lipinski definition) is 4. The third-order valence-corrected chi connectivity index (χ3v) is 4.76. The summed E-state index contributed by atoms with van der Waals surface area (Å²) in [4.78, 5) is 24.4. The van der Waals surface area contributed by atoms with E-state index in [2.05, 4.69) is 10.6 Å². The molecule has 118 valence electrons. The average molecular weight is 312 g/mol. The molecule has 2 unspecified atom stereocenters. The van der Waals surface area contributed by atoms with E-state index in [1.54, 1.807) is 13.0 Å². The van der Waals surface area contributed by atoms with Crippen molar-refractivity contribution in [2.45, 2.75) is 46.3 Å². The standard InChI is InChI=1S/C15H24N2O3S/c1-5-10(2)15(4,20)9-17-14(19)13-7-6-12(21-13)8-16-11(3)18/h6-7,10,20H,5,8-9H2,1-4H3,(H,16,18)(H,17,19). The second kappa shape index (κ2) is 7.56. The second-order valence-corrected chi connectivity index (χ2v) is 6.69. The van der Waals surface area contributed by atoms with Crippen LogP contribution in [-0.2, 0) is 11.3 Å². The van der Waals surface area contributed by atoms with Crippen molar-refractivity contribution in [1.82, 2.24) is 10.6 Å². The summed E-state index contributed by atoms with van der Waals surface area (Å²) in [5.41, 5.74) is -0.916. The number of carbonyl (C=O) groups excluding carboxylic acids is 2. The van der Waals surface area contributed by atoms with Gasteiger partial charge in [-0.05, 0) is 25.0 Å². The number of carbonyl (C=O) groups is 2. The highest BCUT2D eigenvalue weighted by Gasteiger charge is 2.27. The molecule has 0 aromatic carbocycles. The summed E-state index contributed by atoms with van der Waals surface area (Å²) in [5.74, 6) is -0.187. The fourth-order valence-corrected chi connectivity index (χ4v) is 2.63. The molecule has 1 rings (SSSR count). The van der Waals surface area contributed by atoms with Gasteiger partial charge in [0.15, 0.2) is 0 Å². The molecule has 0 aliphatic carbocycles. The molecule has 0 bridgehead atoms. The van der Waals surface area contributed by atoms with Gasteiger partial charge in [0, 0.05) is 18.3 Å². The average Bonchev–Trinajstić information content (AvgIpc) is 2.90. The number of nitrogens with one attached hydrogen (secondary N) is 2. The van der Waals surface area contributed by atoms with Crippen LogP contribution in [0.5, 0.6) is 0 Å². The molecule has 0 saturated heterocycles. The Kier molecular flexibility index (Phi) is 6.36. The van der Waals surface area contributed by atoms with E-state index in [1.165, 1.54) is 18.3 Å². The molecule has 2 atom stereocenters. The van der Waals surface area contributed by atoms with E-state index in [0.29, 0.717) is 11.4 Å². The van der Waals surface area contributed by atoms with E-state index >= 15 is 0 Å². The van der Waals surface area contributed by atoms with Crippen molar-refractivity contribution in [3.63, 3.8) is 0 Å². The fourth-order valence-electron chi connectivity index (χ4n) is 1.77.